The summed E-state index contributed by atoms with van der Waals surface area (Å²) in [6.07, 6.45) is 7.87. The molecule has 0 saturated carbocycles. The van der Waals surface area contributed by atoms with Crippen molar-refractivity contribution in [1.29, 1.82) is 0 Å². The van der Waals surface area contributed by atoms with Gasteiger partial charge in [0.15, 0.2) is 14.6 Å². The van der Waals surface area contributed by atoms with Crippen LogP contribution >= 0.6 is 11.3 Å². The molecule has 0 aliphatic heterocycles. The molecule has 1 amide bonds. The van der Waals surface area contributed by atoms with Crippen molar-refractivity contribution in [2.24, 2.45) is 4.99 Å². The van der Waals surface area contributed by atoms with Crippen LogP contribution in [0.5, 0.6) is 0 Å². The van der Waals surface area contributed by atoms with Gasteiger partial charge in [-0.2, -0.15) is 4.99 Å². The van der Waals surface area contributed by atoms with Crippen molar-refractivity contribution in [3.05, 3.63) is 41.0 Å². The first-order chi connectivity index (χ1) is 11.4. The number of carbonyl (C=O) groups excluding carboxylic acids is 1. The minimum absolute atomic E-state index is 0.0107. The van der Waals surface area contributed by atoms with E-state index in [1.807, 2.05) is 0 Å². The van der Waals surface area contributed by atoms with Gasteiger partial charge >= 0.3 is 5.91 Å². The molecule has 3 aromatic rings. The van der Waals surface area contributed by atoms with Gasteiger partial charge in [0.1, 0.15) is 0 Å². The van der Waals surface area contributed by atoms with Crippen LogP contribution in [0.15, 0.2) is 44.9 Å². The highest BCUT2D eigenvalue weighted by Crippen LogP contribution is 2.22. The van der Waals surface area contributed by atoms with Crippen LogP contribution in [0.2, 0.25) is 0 Å². The van der Waals surface area contributed by atoms with E-state index in [1.165, 1.54) is 29.7 Å². The Labute approximate surface area is 141 Å². The fourth-order valence-electron chi connectivity index (χ4n) is 2.08. The van der Waals surface area contributed by atoms with Crippen LogP contribution < -0.4 is 4.80 Å². The maximum atomic E-state index is 12.1. The van der Waals surface area contributed by atoms with Crippen LogP contribution in [0.25, 0.3) is 10.2 Å². The van der Waals surface area contributed by atoms with Gasteiger partial charge in [-0.05, 0) is 18.2 Å². The number of hydrogen-bond acceptors (Lipinski definition) is 6. The summed E-state index contributed by atoms with van der Waals surface area (Å²) in [7, 11) is -3.33. The van der Waals surface area contributed by atoms with Crippen LogP contribution in [-0.4, -0.2) is 30.3 Å². The van der Waals surface area contributed by atoms with E-state index >= 15 is 0 Å². The standard InChI is InChI=1S/C15H11N3O4S2/c1-3-8-18-11-5-4-10(24(2,20)21)9-13(11)23-15(18)17-14(19)12-6-7-16-22-12/h1,4-7,9H,8H2,2H3. The second-order valence-corrected chi connectivity index (χ2v) is 7.90. The average molecular weight is 361 g/mol. The molecule has 2 heterocycles. The Morgan fingerprint density at radius 2 is 2.25 bits per heavy atom. The Morgan fingerprint density at radius 3 is 2.88 bits per heavy atom. The lowest BCUT2D eigenvalue weighted by Crippen LogP contribution is -2.16. The lowest BCUT2D eigenvalue weighted by atomic mass is 10.3. The molecule has 24 heavy (non-hydrogen) atoms. The molecule has 0 saturated heterocycles. The number of fused-ring (bicyclic) bond motifs is 1. The summed E-state index contributed by atoms with van der Waals surface area (Å²) in [5.41, 5.74) is 0.703. The number of aromatic nitrogens is 2. The molecular formula is C15H11N3O4S2. The molecule has 0 bridgehead atoms. The quantitative estimate of drug-likeness (QED) is 0.659. The first-order valence-electron chi connectivity index (χ1n) is 6.67. The van der Waals surface area contributed by atoms with Crippen molar-refractivity contribution in [3.8, 4) is 12.3 Å². The van der Waals surface area contributed by atoms with Crippen LogP contribution in [0.4, 0.5) is 0 Å². The summed E-state index contributed by atoms with van der Waals surface area (Å²) in [6.45, 7) is 0.195. The van der Waals surface area contributed by atoms with Gasteiger partial charge in [0, 0.05) is 12.3 Å². The Morgan fingerprint density at radius 1 is 1.46 bits per heavy atom. The van der Waals surface area contributed by atoms with Gasteiger partial charge in [0.05, 0.1) is 27.9 Å². The number of nitrogens with zero attached hydrogens (tertiary/aromatic N) is 3. The number of terminal acetylenes is 1. The highest BCUT2D eigenvalue weighted by atomic mass is 32.2. The minimum atomic E-state index is -3.33. The van der Waals surface area contributed by atoms with Gasteiger partial charge in [-0.3, -0.25) is 4.79 Å². The number of rotatable bonds is 3. The summed E-state index contributed by atoms with van der Waals surface area (Å²) < 4.78 is 30.5. The average Bonchev–Trinajstić information content (AvgIpc) is 3.15. The zero-order valence-electron chi connectivity index (χ0n) is 12.5. The van der Waals surface area contributed by atoms with E-state index in [-0.39, 0.29) is 17.2 Å². The number of thiazole rings is 1. The normalized spacial score (nSPS) is 12.4. The van der Waals surface area contributed by atoms with Crippen molar-refractivity contribution >= 4 is 37.3 Å². The molecule has 122 valence electrons. The summed E-state index contributed by atoms with van der Waals surface area (Å²) in [5.74, 6) is 1.92. The third-order valence-electron chi connectivity index (χ3n) is 3.18. The molecule has 0 spiro atoms. The highest BCUT2D eigenvalue weighted by Gasteiger charge is 2.14. The Hall–Kier alpha value is -2.70. The van der Waals surface area contributed by atoms with Crippen LogP contribution in [0.1, 0.15) is 10.6 Å². The fraction of sp³-hybridized carbons (Fsp3) is 0.133. The fourth-order valence-corrected chi connectivity index (χ4v) is 3.87. The molecule has 1 aromatic carbocycles. The van der Waals surface area contributed by atoms with E-state index in [2.05, 4.69) is 16.1 Å². The second kappa shape index (κ2) is 6.07. The topological polar surface area (TPSA) is 94.5 Å². The molecule has 0 fully saturated rings. The Balaban J connectivity index is 2.22. The molecule has 7 nitrogen and oxygen atoms in total. The highest BCUT2D eigenvalue weighted by molar-refractivity contribution is 7.90. The first-order valence-corrected chi connectivity index (χ1v) is 9.37. The molecule has 0 radical (unpaired) electrons. The summed E-state index contributed by atoms with van der Waals surface area (Å²) in [6, 6.07) is 6.10. The number of benzene rings is 1. The van der Waals surface area contributed by atoms with Crippen LogP contribution in [-0.2, 0) is 16.4 Å². The maximum Gasteiger partial charge on any atom is 0.318 e. The van der Waals surface area contributed by atoms with Crippen molar-refractivity contribution in [3.63, 3.8) is 0 Å². The van der Waals surface area contributed by atoms with E-state index in [0.717, 1.165) is 6.26 Å². The third-order valence-corrected chi connectivity index (χ3v) is 5.33. The molecule has 3 rings (SSSR count). The summed E-state index contributed by atoms with van der Waals surface area (Å²) in [5, 5.41) is 3.47. The van der Waals surface area contributed by atoms with Gasteiger partial charge in [-0.15, -0.1) is 6.42 Å². The van der Waals surface area contributed by atoms with Gasteiger partial charge in [0.2, 0.25) is 5.76 Å². The number of sulfone groups is 1. The lowest BCUT2D eigenvalue weighted by molar-refractivity contribution is 0.0962. The molecule has 0 N–H and O–H groups in total. The van der Waals surface area contributed by atoms with E-state index in [0.29, 0.717) is 15.0 Å². The number of carbonyl (C=O) groups is 1. The molecular weight excluding hydrogens is 350 g/mol. The van der Waals surface area contributed by atoms with Crippen molar-refractivity contribution in [2.75, 3.05) is 6.26 Å². The van der Waals surface area contributed by atoms with Crippen molar-refractivity contribution < 1.29 is 17.7 Å². The van der Waals surface area contributed by atoms with Gasteiger partial charge in [-0.1, -0.05) is 22.4 Å². The van der Waals surface area contributed by atoms with Crippen LogP contribution in [0.3, 0.4) is 0 Å². The lowest BCUT2D eigenvalue weighted by Gasteiger charge is -2.01. The minimum Gasteiger partial charge on any atom is -0.351 e. The number of hydrogen-bond donors (Lipinski definition) is 0. The van der Waals surface area contributed by atoms with Gasteiger partial charge in [-0.25, -0.2) is 8.42 Å². The molecule has 9 heteroatoms. The molecule has 0 aliphatic carbocycles. The zero-order chi connectivity index (χ0) is 17.3. The maximum absolute atomic E-state index is 12.1. The Kier molecular flexibility index (Phi) is 4.09. The molecule has 0 unspecified atom stereocenters. The van der Waals surface area contributed by atoms with E-state index in [4.69, 9.17) is 10.9 Å². The van der Waals surface area contributed by atoms with Crippen molar-refractivity contribution in [1.82, 2.24) is 9.72 Å². The monoisotopic (exact) mass is 361 g/mol. The SMILES string of the molecule is C#CCn1c(=NC(=O)c2ccno2)sc2cc(S(C)(=O)=O)ccc21. The summed E-state index contributed by atoms with van der Waals surface area (Å²) in [4.78, 5) is 16.6. The van der Waals surface area contributed by atoms with E-state index in [1.54, 1.807) is 16.7 Å². The third kappa shape index (κ3) is 3.02. The predicted octanol–water partition coefficient (Wildman–Crippen LogP) is 1.47. The van der Waals surface area contributed by atoms with E-state index in [9.17, 15) is 13.2 Å². The number of amides is 1. The molecule has 0 atom stereocenters. The summed E-state index contributed by atoms with van der Waals surface area (Å²) >= 11 is 1.17. The largest absolute Gasteiger partial charge is 0.351 e. The smallest absolute Gasteiger partial charge is 0.318 e. The molecule has 0 aliphatic rings. The first kappa shape index (κ1) is 16.2. The Bertz CT molecular complexity index is 1130. The second-order valence-electron chi connectivity index (χ2n) is 4.87. The molecule has 2 aromatic heterocycles. The van der Waals surface area contributed by atoms with Crippen LogP contribution in [0, 0.1) is 12.3 Å². The van der Waals surface area contributed by atoms with Gasteiger partial charge < -0.3 is 9.09 Å². The van der Waals surface area contributed by atoms with Gasteiger partial charge in [0.25, 0.3) is 0 Å². The van der Waals surface area contributed by atoms with E-state index < -0.39 is 15.7 Å². The predicted molar refractivity (Wildman–Crippen MR) is 88.2 cm³/mol. The zero-order valence-corrected chi connectivity index (χ0v) is 14.1. The van der Waals surface area contributed by atoms with Crippen molar-refractivity contribution in [2.45, 2.75) is 11.4 Å².